The summed E-state index contributed by atoms with van der Waals surface area (Å²) in [5.74, 6) is 0.832. The highest BCUT2D eigenvalue weighted by atomic mass is 16.5. The topological polar surface area (TPSA) is 66.2 Å². The van der Waals surface area contributed by atoms with E-state index in [-0.39, 0.29) is 24.1 Å². The average molecular weight is 421 g/mol. The third-order valence-corrected chi connectivity index (χ3v) is 8.40. The molecule has 1 saturated heterocycles. The van der Waals surface area contributed by atoms with Gasteiger partial charge in [0, 0.05) is 30.3 Å². The fourth-order valence-electron chi connectivity index (χ4n) is 6.91. The van der Waals surface area contributed by atoms with Crippen molar-refractivity contribution in [2.24, 2.45) is 0 Å². The van der Waals surface area contributed by atoms with E-state index in [1.54, 1.807) is 24.7 Å². The molecule has 1 aromatic carbocycles. The Labute approximate surface area is 182 Å². The smallest absolute Gasteiger partial charge is 0.246 e. The van der Waals surface area contributed by atoms with Crippen molar-refractivity contribution >= 4 is 12.0 Å². The Bertz CT molecular complexity index is 1060. The minimum absolute atomic E-state index is 0.0619. The predicted octanol–water partition coefficient (Wildman–Crippen LogP) is 2.60. The number of furan rings is 1. The number of piperidine rings is 1. The maximum atomic E-state index is 13.0. The Kier molecular flexibility index (Phi) is 3.99. The minimum atomic E-state index is -0.836. The maximum Gasteiger partial charge on any atom is 0.246 e. The summed E-state index contributed by atoms with van der Waals surface area (Å²) in [6, 6.07) is 8.08. The molecular formula is C25H28N2O4. The van der Waals surface area contributed by atoms with E-state index >= 15 is 0 Å². The van der Waals surface area contributed by atoms with Crippen LogP contribution in [0, 0.1) is 0 Å². The first-order valence-corrected chi connectivity index (χ1v) is 11.1. The van der Waals surface area contributed by atoms with Crippen molar-refractivity contribution in [3.63, 3.8) is 0 Å². The molecule has 2 bridgehead atoms. The first-order valence-electron chi connectivity index (χ1n) is 11.1. The monoisotopic (exact) mass is 420 g/mol. The van der Waals surface area contributed by atoms with E-state index in [0.29, 0.717) is 6.42 Å². The molecule has 2 fully saturated rings. The van der Waals surface area contributed by atoms with E-state index in [0.717, 1.165) is 37.1 Å². The molecule has 1 amide bonds. The zero-order valence-corrected chi connectivity index (χ0v) is 18.0. The van der Waals surface area contributed by atoms with E-state index in [4.69, 9.17) is 9.15 Å². The van der Waals surface area contributed by atoms with Gasteiger partial charge in [-0.3, -0.25) is 4.79 Å². The summed E-state index contributed by atoms with van der Waals surface area (Å²) in [6.45, 7) is 0.922. The summed E-state index contributed by atoms with van der Waals surface area (Å²) in [5.41, 5.74) is 2.05. The second kappa shape index (κ2) is 6.47. The number of likely N-dealkylation sites (N-methyl/N-ethyl adjacent to an activating group) is 2. The molecule has 6 nitrogen and oxygen atoms in total. The van der Waals surface area contributed by atoms with Crippen molar-refractivity contribution in [1.29, 1.82) is 0 Å². The van der Waals surface area contributed by atoms with E-state index in [2.05, 4.69) is 24.1 Å². The van der Waals surface area contributed by atoms with Gasteiger partial charge in [0.1, 0.15) is 11.9 Å². The van der Waals surface area contributed by atoms with Gasteiger partial charge in [0.2, 0.25) is 5.91 Å². The number of rotatable bonds is 3. The zero-order chi connectivity index (χ0) is 21.4. The summed E-state index contributed by atoms with van der Waals surface area (Å²) in [6.07, 6.45) is 9.41. The number of ether oxygens (including phenoxy) is 1. The van der Waals surface area contributed by atoms with Crippen molar-refractivity contribution < 1.29 is 19.1 Å². The maximum absolute atomic E-state index is 13.0. The highest BCUT2D eigenvalue weighted by molar-refractivity contribution is 5.91. The number of amides is 1. The number of aliphatic hydroxyl groups is 1. The molecule has 3 heterocycles. The number of carbonyl (C=O) groups excluding carboxylic acids is 1. The molecule has 0 unspecified atom stereocenters. The highest BCUT2D eigenvalue weighted by Gasteiger charge is 2.72. The van der Waals surface area contributed by atoms with Crippen LogP contribution >= 0.6 is 0 Å². The molecule has 6 heteroatoms. The molecule has 162 valence electrons. The third kappa shape index (κ3) is 2.37. The van der Waals surface area contributed by atoms with Gasteiger partial charge >= 0.3 is 0 Å². The lowest BCUT2D eigenvalue weighted by molar-refractivity contribution is -0.195. The van der Waals surface area contributed by atoms with Crippen molar-refractivity contribution in [3.05, 3.63) is 59.6 Å². The second-order valence-corrected chi connectivity index (χ2v) is 9.62. The molecular weight excluding hydrogens is 392 g/mol. The van der Waals surface area contributed by atoms with Crippen LogP contribution in [0.5, 0.6) is 5.75 Å². The summed E-state index contributed by atoms with van der Waals surface area (Å²) < 4.78 is 11.7. The second-order valence-electron chi connectivity index (χ2n) is 9.62. The van der Waals surface area contributed by atoms with Crippen molar-refractivity contribution in [2.45, 2.75) is 54.9 Å². The van der Waals surface area contributed by atoms with Crippen LogP contribution in [0.1, 0.15) is 36.0 Å². The fourth-order valence-corrected chi connectivity index (χ4v) is 6.91. The Morgan fingerprint density at radius 3 is 3.00 bits per heavy atom. The molecule has 1 aromatic heterocycles. The number of carbonyl (C=O) groups is 1. The highest BCUT2D eigenvalue weighted by Crippen LogP contribution is 2.64. The van der Waals surface area contributed by atoms with Crippen LogP contribution in [-0.4, -0.2) is 65.2 Å². The van der Waals surface area contributed by atoms with Crippen LogP contribution in [0.25, 0.3) is 6.08 Å². The van der Waals surface area contributed by atoms with E-state index in [1.165, 1.54) is 11.1 Å². The standard InChI is InChI=1S/C25H28N2O4/c1-26-12-11-24-22-17-4-3-5-19(22)31-23(24)18(8-10-25(24,29)20(26)14-17)27(2)21(28)7-6-16-9-13-30-15-16/h3-7,9,13,15,18,20,23,29H,8,10-12,14H2,1-2H3/b7-6+/t18-,20-,23+,24+,25-/m1/s1. The third-order valence-electron chi connectivity index (χ3n) is 8.40. The predicted molar refractivity (Wildman–Crippen MR) is 116 cm³/mol. The molecule has 2 aliphatic heterocycles. The fraction of sp³-hybridized carbons (Fsp3) is 0.480. The number of likely N-dealkylation sites (tertiary alicyclic amines) is 1. The lowest BCUT2D eigenvalue weighted by atomic mass is 9.48. The average Bonchev–Trinajstić information content (AvgIpc) is 3.39. The SMILES string of the molecule is CN1CC[C@]23c4c5cccc4O[C@H]2[C@H](N(C)C(=O)/C=C/c2ccoc2)CC[C@@]3(O)[C@H]1C5. The van der Waals surface area contributed by atoms with Gasteiger partial charge in [-0.25, -0.2) is 0 Å². The molecule has 6 rings (SSSR count). The molecule has 4 aliphatic rings. The van der Waals surface area contributed by atoms with Gasteiger partial charge < -0.3 is 24.1 Å². The Balaban J connectivity index is 1.40. The molecule has 1 spiro atoms. The lowest BCUT2D eigenvalue weighted by Gasteiger charge is -2.64. The molecule has 0 radical (unpaired) electrons. The van der Waals surface area contributed by atoms with Gasteiger partial charge in [-0.1, -0.05) is 12.1 Å². The molecule has 31 heavy (non-hydrogen) atoms. The zero-order valence-electron chi connectivity index (χ0n) is 18.0. The normalized spacial score (nSPS) is 35.6. The van der Waals surface area contributed by atoms with Gasteiger partial charge in [0.15, 0.2) is 0 Å². The summed E-state index contributed by atoms with van der Waals surface area (Å²) in [5, 5.41) is 12.2. The minimum Gasteiger partial charge on any atom is -0.487 e. The van der Waals surface area contributed by atoms with Crippen molar-refractivity contribution in [1.82, 2.24) is 9.80 Å². The molecule has 1 N–H and O–H groups in total. The van der Waals surface area contributed by atoms with Gasteiger partial charge in [0.05, 0.1) is 29.6 Å². The van der Waals surface area contributed by atoms with Gasteiger partial charge in [0.25, 0.3) is 0 Å². The lowest BCUT2D eigenvalue weighted by Crippen LogP contribution is -2.77. The number of nitrogens with zero attached hydrogens (tertiary/aromatic N) is 2. The molecule has 2 aromatic rings. The Morgan fingerprint density at radius 2 is 2.19 bits per heavy atom. The van der Waals surface area contributed by atoms with Crippen LogP contribution in [-0.2, 0) is 16.6 Å². The molecule has 1 saturated carbocycles. The number of hydrogen-bond donors (Lipinski definition) is 1. The van der Waals surface area contributed by atoms with Crippen LogP contribution in [0.15, 0.2) is 47.3 Å². The van der Waals surface area contributed by atoms with Crippen LogP contribution in [0.4, 0.5) is 0 Å². The van der Waals surface area contributed by atoms with Crippen LogP contribution in [0.2, 0.25) is 0 Å². The Hall–Kier alpha value is -2.57. The van der Waals surface area contributed by atoms with Crippen molar-refractivity contribution in [2.75, 3.05) is 20.6 Å². The number of benzene rings is 1. The first kappa shape index (κ1) is 19.1. The summed E-state index contributed by atoms with van der Waals surface area (Å²) in [7, 11) is 3.98. The van der Waals surface area contributed by atoms with Crippen molar-refractivity contribution in [3.8, 4) is 5.75 Å². The van der Waals surface area contributed by atoms with E-state index in [1.807, 2.05) is 24.1 Å². The van der Waals surface area contributed by atoms with E-state index < -0.39 is 11.0 Å². The van der Waals surface area contributed by atoms with Crippen LogP contribution in [0.3, 0.4) is 0 Å². The van der Waals surface area contributed by atoms with Gasteiger partial charge in [-0.15, -0.1) is 0 Å². The largest absolute Gasteiger partial charge is 0.487 e. The van der Waals surface area contributed by atoms with Crippen LogP contribution < -0.4 is 4.74 Å². The summed E-state index contributed by atoms with van der Waals surface area (Å²) >= 11 is 0. The first-order chi connectivity index (χ1) is 15.0. The Morgan fingerprint density at radius 1 is 1.32 bits per heavy atom. The molecule has 5 atom stereocenters. The summed E-state index contributed by atoms with van der Waals surface area (Å²) in [4.78, 5) is 17.2. The van der Waals surface area contributed by atoms with E-state index in [9.17, 15) is 9.90 Å². The van der Waals surface area contributed by atoms with Gasteiger partial charge in [-0.05, 0) is 63.0 Å². The molecule has 2 aliphatic carbocycles. The quantitative estimate of drug-likeness (QED) is 0.774. The van der Waals surface area contributed by atoms with Gasteiger partial charge in [-0.2, -0.15) is 0 Å². The number of hydrogen-bond acceptors (Lipinski definition) is 5.